The molecule has 4 heteroatoms. The molecule has 1 aromatic heterocycles. The Kier molecular flexibility index (Phi) is 3.29. The first-order valence-corrected chi connectivity index (χ1v) is 5.73. The number of aromatic nitrogens is 1. The lowest BCUT2D eigenvalue weighted by atomic mass is 10.3. The SMILES string of the molecule is Cn1cccc1CCN(CC(=O)O)C1CC1. The van der Waals surface area contributed by atoms with Gasteiger partial charge in [-0.1, -0.05) is 0 Å². The van der Waals surface area contributed by atoms with E-state index in [1.807, 2.05) is 19.3 Å². The second kappa shape index (κ2) is 4.70. The molecule has 2 rings (SSSR count). The minimum absolute atomic E-state index is 0.176. The van der Waals surface area contributed by atoms with Crippen LogP contribution in [0, 0.1) is 0 Å². The highest BCUT2D eigenvalue weighted by Gasteiger charge is 2.29. The summed E-state index contributed by atoms with van der Waals surface area (Å²) in [5.74, 6) is -0.723. The van der Waals surface area contributed by atoms with E-state index in [1.165, 1.54) is 5.69 Å². The number of nitrogens with zero attached hydrogens (tertiary/aromatic N) is 2. The van der Waals surface area contributed by atoms with Crippen molar-refractivity contribution in [2.24, 2.45) is 7.05 Å². The second-order valence-electron chi connectivity index (χ2n) is 4.46. The van der Waals surface area contributed by atoms with E-state index >= 15 is 0 Å². The van der Waals surface area contributed by atoms with E-state index in [0.29, 0.717) is 6.04 Å². The molecule has 1 saturated carbocycles. The van der Waals surface area contributed by atoms with Gasteiger partial charge >= 0.3 is 5.97 Å². The third kappa shape index (κ3) is 2.85. The molecule has 1 aromatic rings. The third-order valence-electron chi connectivity index (χ3n) is 3.11. The Hall–Kier alpha value is -1.29. The summed E-state index contributed by atoms with van der Waals surface area (Å²) in [6.45, 7) is 1.02. The van der Waals surface area contributed by atoms with Crippen LogP contribution >= 0.6 is 0 Å². The first-order chi connectivity index (χ1) is 7.66. The summed E-state index contributed by atoms with van der Waals surface area (Å²) >= 11 is 0. The van der Waals surface area contributed by atoms with Crippen molar-refractivity contribution < 1.29 is 9.90 Å². The van der Waals surface area contributed by atoms with Gasteiger partial charge in [0.2, 0.25) is 0 Å². The molecule has 0 aromatic carbocycles. The topological polar surface area (TPSA) is 45.5 Å². The Morgan fingerprint density at radius 2 is 2.38 bits per heavy atom. The lowest BCUT2D eigenvalue weighted by Gasteiger charge is -2.19. The van der Waals surface area contributed by atoms with Crippen LogP contribution in [0.4, 0.5) is 0 Å². The molecule has 1 aliphatic carbocycles. The average Bonchev–Trinajstić information content (AvgIpc) is 2.98. The summed E-state index contributed by atoms with van der Waals surface area (Å²) < 4.78 is 2.09. The number of aliphatic carboxylic acids is 1. The highest BCUT2D eigenvalue weighted by atomic mass is 16.4. The fourth-order valence-electron chi connectivity index (χ4n) is 2.02. The average molecular weight is 222 g/mol. The van der Waals surface area contributed by atoms with Crippen LogP contribution in [0.5, 0.6) is 0 Å². The first kappa shape index (κ1) is 11.2. The van der Waals surface area contributed by atoms with Gasteiger partial charge in [0.25, 0.3) is 0 Å². The van der Waals surface area contributed by atoms with Gasteiger partial charge < -0.3 is 9.67 Å². The Balaban J connectivity index is 1.86. The number of carboxylic acid groups (broad SMARTS) is 1. The van der Waals surface area contributed by atoms with Gasteiger partial charge in [0.05, 0.1) is 6.54 Å². The summed E-state index contributed by atoms with van der Waals surface area (Å²) in [4.78, 5) is 12.8. The van der Waals surface area contributed by atoms with Gasteiger partial charge in [0.1, 0.15) is 0 Å². The Morgan fingerprint density at radius 3 is 2.88 bits per heavy atom. The molecular weight excluding hydrogens is 204 g/mol. The summed E-state index contributed by atoms with van der Waals surface area (Å²) in [6, 6.07) is 4.62. The lowest BCUT2D eigenvalue weighted by Crippen LogP contribution is -2.33. The molecule has 1 heterocycles. The Labute approximate surface area is 95.5 Å². The van der Waals surface area contributed by atoms with Crippen LogP contribution in [0.15, 0.2) is 18.3 Å². The number of hydrogen-bond acceptors (Lipinski definition) is 2. The number of hydrogen-bond donors (Lipinski definition) is 1. The number of rotatable bonds is 6. The molecule has 1 fully saturated rings. The van der Waals surface area contributed by atoms with E-state index in [-0.39, 0.29) is 6.54 Å². The van der Waals surface area contributed by atoms with Crippen LogP contribution in [0.3, 0.4) is 0 Å². The number of aryl methyl sites for hydroxylation is 1. The zero-order valence-electron chi connectivity index (χ0n) is 9.59. The van der Waals surface area contributed by atoms with Crippen molar-refractivity contribution in [2.45, 2.75) is 25.3 Å². The molecule has 16 heavy (non-hydrogen) atoms. The molecule has 0 atom stereocenters. The van der Waals surface area contributed by atoms with Crippen LogP contribution in [-0.4, -0.2) is 39.7 Å². The maximum atomic E-state index is 10.7. The van der Waals surface area contributed by atoms with Gasteiger partial charge in [-0.3, -0.25) is 9.69 Å². The Bertz CT molecular complexity index is 369. The molecule has 4 nitrogen and oxygen atoms in total. The third-order valence-corrected chi connectivity index (χ3v) is 3.11. The predicted molar refractivity (Wildman–Crippen MR) is 61.3 cm³/mol. The fraction of sp³-hybridized carbons (Fsp3) is 0.583. The van der Waals surface area contributed by atoms with E-state index in [1.54, 1.807) is 0 Å². The van der Waals surface area contributed by atoms with E-state index in [0.717, 1.165) is 25.8 Å². The van der Waals surface area contributed by atoms with Gasteiger partial charge in [0.15, 0.2) is 0 Å². The monoisotopic (exact) mass is 222 g/mol. The summed E-state index contributed by atoms with van der Waals surface area (Å²) in [5.41, 5.74) is 1.26. The standard InChI is InChI=1S/C12H18N2O2/c1-13-7-2-3-10(13)6-8-14(9-12(15)16)11-4-5-11/h2-3,7,11H,4-6,8-9H2,1H3,(H,15,16). The van der Waals surface area contributed by atoms with Crippen molar-refractivity contribution >= 4 is 5.97 Å². The van der Waals surface area contributed by atoms with Crippen molar-refractivity contribution in [3.8, 4) is 0 Å². The molecule has 0 spiro atoms. The van der Waals surface area contributed by atoms with Gasteiger partial charge in [-0.15, -0.1) is 0 Å². The van der Waals surface area contributed by atoms with Gasteiger partial charge in [-0.25, -0.2) is 0 Å². The highest BCUT2D eigenvalue weighted by Crippen LogP contribution is 2.26. The highest BCUT2D eigenvalue weighted by molar-refractivity contribution is 5.69. The molecule has 0 aliphatic heterocycles. The van der Waals surface area contributed by atoms with E-state index in [4.69, 9.17) is 5.11 Å². The van der Waals surface area contributed by atoms with Gasteiger partial charge in [-0.2, -0.15) is 0 Å². The zero-order valence-corrected chi connectivity index (χ0v) is 9.59. The van der Waals surface area contributed by atoms with Crippen molar-refractivity contribution in [1.82, 2.24) is 9.47 Å². The Morgan fingerprint density at radius 1 is 1.62 bits per heavy atom. The summed E-state index contributed by atoms with van der Waals surface area (Å²) in [7, 11) is 2.02. The molecule has 0 bridgehead atoms. The molecule has 0 amide bonds. The molecule has 1 aliphatic rings. The van der Waals surface area contributed by atoms with Crippen molar-refractivity contribution in [2.75, 3.05) is 13.1 Å². The quantitative estimate of drug-likeness (QED) is 0.784. The lowest BCUT2D eigenvalue weighted by molar-refractivity contribution is -0.138. The van der Waals surface area contributed by atoms with E-state index < -0.39 is 5.97 Å². The van der Waals surface area contributed by atoms with Crippen LogP contribution in [0.25, 0.3) is 0 Å². The molecule has 0 radical (unpaired) electrons. The van der Waals surface area contributed by atoms with Crippen molar-refractivity contribution in [1.29, 1.82) is 0 Å². The van der Waals surface area contributed by atoms with Crippen LogP contribution in [0.2, 0.25) is 0 Å². The molecular formula is C12H18N2O2. The molecule has 0 saturated heterocycles. The van der Waals surface area contributed by atoms with Gasteiger partial charge in [0, 0.05) is 37.9 Å². The van der Waals surface area contributed by atoms with Gasteiger partial charge in [-0.05, 0) is 25.0 Å². The minimum Gasteiger partial charge on any atom is -0.480 e. The second-order valence-corrected chi connectivity index (χ2v) is 4.46. The summed E-state index contributed by atoms with van der Waals surface area (Å²) in [5, 5.41) is 8.83. The van der Waals surface area contributed by atoms with Crippen LogP contribution in [-0.2, 0) is 18.3 Å². The zero-order chi connectivity index (χ0) is 11.5. The van der Waals surface area contributed by atoms with E-state index in [9.17, 15) is 4.79 Å². The van der Waals surface area contributed by atoms with Crippen molar-refractivity contribution in [3.63, 3.8) is 0 Å². The summed E-state index contributed by atoms with van der Waals surface area (Å²) in [6.07, 6.45) is 5.25. The van der Waals surface area contributed by atoms with Crippen LogP contribution < -0.4 is 0 Å². The molecule has 1 N–H and O–H groups in total. The predicted octanol–water partition coefficient (Wildman–Crippen LogP) is 1.12. The van der Waals surface area contributed by atoms with E-state index in [2.05, 4.69) is 15.5 Å². The molecule has 88 valence electrons. The number of carbonyl (C=O) groups is 1. The number of carboxylic acids is 1. The first-order valence-electron chi connectivity index (χ1n) is 5.73. The van der Waals surface area contributed by atoms with Crippen LogP contribution in [0.1, 0.15) is 18.5 Å². The fourth-order valence-corrected chi connectivity index (χ4v) is 2.02. The minimum atomic E-state index is -0.723. The maximum absolute atomic E-state index is 10.7. The molecule has 0 unspecified atom stereocenters. The maximum Gasteiger partial charge on any atom is 0.317 e. The normalized spacial score (nSPS) is 15.6. The largest absolute Gasteiger partial charge is 0.480 e. The smallest absolute Gasteiger partial charge is 0.317 e. The van der Waals surface area contributed by atoms with Crippen molar-refractivity contribution in [3.05, 3.63) is 24.0 Å².